The van der Waals surface area contributed by atoms with Gasteiger partial charge in [0.2, 0.25) is 5.91 Å². The van der Waals surface area contributed by atoms with Crippen LogP contribution in [0.5, 0.6) is 0 Å². The van der Waals surface area contributed by atoms with E-state index < -0.39 is 0 Å². The van der Waals surface area contributed by atoms with Crippen molar-refractivity contribution in [3.8, 4) is 0 Å². The van der Waals surface area contributed by atoms with Crippen molar-refractivity contribution in [3.63, 3.8) is 0 Å². The van der Waals surface area contributed by atoms with Gasteiger partial charge < -0.3 is 16.0 Å². The highest BCUT2D eigenvalue weighted by atomic mass is 16.2. The second-order valence-electron chi connectivity index (χ2n) is 5.15. The number of amides is 1. The van der Waals surface area contributed by atoms with Crippen molar-refractivity contribution in [3.05, 3.63) is 24.3 Å². The zero-order valence-electron chi connectivity index (χ0n) is 10.9. The zero-order valence-corrected chi connectivity index (χ0v) is 10.9. The number of anilines is 2. The summed E-state index contributed by atoms with van der Waals surface area (Å²) in [6, 6.07) is 7.25. The highest BCUT2D eigenvalue weighted by molar-refractivity contribution is 5.94. The summed E-state index contributed by atoms with van der Waals surface area (Å²) in [4.78, 5) is 13.5. The van der Waals surface area contributed by atoms with Gasteiger partial charge in [-0.15, -0.1) is 0 Å². The van der Waals surface area contributed by atoms with E-state index in [-0.39, 0.29) is 11.4 Å². The average Bonchev–Trinajstić information content (AvgIpc) is 2.25. The monoisotopic (exact) mass is 235 g/mol. The van der Waals surface area contributed by atoms with Crippen LogP contribution in [0.2, 0.25) is 0 Å². The van der Waals surface area contributed by atoms with Gasteiger partial charge in [0.15, 0.2) is 0 Å². The maximum atomic E-state index is 11.9. The first-order chi connectivity index (χ1) is 7.79. The van der Waals surface area contributed by atoms with Crippen LogP contribution in [0, 0.1) is 0 Å². The first kappa shape index (κ1) is 13.5. The second kappa shape index (κ2) is 5.19. The molecule has 0 saturated carbocycles. The SMILES string of the molecule is CN(C(=O)CNC(C)(C)C)c1ccc(N)cc1. The van der Waals surface area contributed by atoms with E-state index in [1.54, 1.807) is 24.1 Å². The van der Waals surface area contributed by atoms with Gasteiger partial charge in [0, 0.05) is 24.0 Å². The number of nitrogen functional groups attached to an aromatic ring is 1. The molecule has 0 atom stereocenters. The minimum absolute atomic E-state index is 0.0321. The molecule has 94 valence electrons. The summed E-state index contributed by atoms with van der Waals surface area (Å²) < 4.78 is 0. The van der Waals surface area contributed by atoms with E-state index in [1.165, 1.54) is 0 Å². The minimum atomic E-state index is -0.0579. The molecule has 0 aliphatic carbocycles. The van der Waals surface area contributed by atoms with Gasteiger partial charge in [-0.2, -0.15) is 0 Å². The number of carbonyl (C=O) groups is 1. The van der Waals surface area contributed by atoms with Crippen LogP contribution in [0.4, 0.5) is 11.4 Å². The van der Waals surface area contributed by atoms with E-state index in [2.05, 4.69) is 5.32 Å². The van der Waals surface area contributed by atoms with Crippen molar-refractivity contribution in [2.75, 3.05) is 24.2 Å². The first-order valence-corrected chi connectivity index (χ1v) is 5.67. The Hall–Kier alpha value is -1.55. The summed E-state index contributed by atoms with van der Waals surface area (Å²) in [6.07, 6.45) is 0. The Bertz CT molecular complexity index is 379. The molecule has 1 aromatic carbocycles. The zero-order chi connectivity index (χ0) is 13.1. The third kappa shape index (κ3) is 4.44. The minimum Gasteiger partial charge on any atom is -0.399 e. The van der Waals surface area contributed by atoms with Crippen molar-refractivity contribution < 1.29 is 4.79 Å². The number of carbonyl (C=O) groups excluding carboxylic acids is 1. The van der Waals surface area contributed by atoms with Gasteiger partial charge in [-0.05, 0) is 45.0 Å². The molecular weight excluding hydrogens is 214 g/mol. The van der Waals surface area contributed by atoms with Crippen molar-refractivity contribution in [1.82, 2.24) is 5.32 Å². The normalized spacial score (nSPS) is 11.3. The largest absolute Gasteiger partial charge is 0.399 e. The molecule has 0 bridgehead atoms. The molecule has 4 heteroatoms. The molecule has 0 aliphatic rings. The molecule has 0 spiro atoms. The van der Waals surface area contributed by atoms with Crippen molar-refractivity contribution >= 4 is 17.3 Å². The molecule has 1 amide bonds. The number of nitrogens with zero attached hydrogens (tertiary/aromatic N) is 1. The van der Waals surface area contributed by atoms with E-state index in [0.29, 0.717) is 12.2 Å². The number of hydrogen-bond acceptors (Lipinski definition) is 3. The van der Waals surface area contributed by atoms with Gasteiger partial charge in [-0.1, -0.05) is 0 Å². The Morgan fingerprint density at radius 2 is 1.82 bits per heavy atom. The fourth-order valence-corrected chi connectivity index (χ4v) is 1.30. The van der Waals surface area contributed by atoms with Crippen molar-refractivity contribution in [1.29, 1.82) is 0 Å². The molecule has 1 aromatic rings. The molecule has 0 fully saturated rings. The summed E-state index contributed by atoms with van der Waals surface area (Å²) >= 11 is 0. The fourth-order valence-electron chi connectivity index (χ4n) is 1.30. The third-order valence-corrected chi connectivity index (χ3v) is 2.42. The summed E-state index contributed by atoms with van der Waals surface area (Å²) in [7, 11) is 1.76. The standard InChI is InChI=1S/C13H21N3O/c1-13(2,3)15-9-12(17)16(4)11-7-5-10(14)6-8-11/h5-8,15H,9,14H2,1-4H3. The average molecular weight is 235 g/mol. The predicted molar refractivity (Wildman–Crippen MR) is 72.0 cm³/mol. The number of likely N-dealkylation sites (N-methyl/N-ethyl adjacent to an activating group) is 1. The van der Waals surface area contributed by atoms with Crippen LogP contribution >= 0.6 is 0 Å². The molecule has 0 radical (unpaired) electrons. The highest BCUT2D eigenvalue weighted by Crippen LogP contribution is 2.14. The van der Waals surface area contributed by atoms with E-state index in [4.69, 9.17) is 5.73 Å². The van der Waals surface area contributed by atoms with Crippen LogP contribution < -0.4 is 16.0 Å². The maximum absolute atomic E-state index is 11.9. The molecule has 3 N–H and O–H groups in total. The number of rotatable bonds is 3. The van der Waals surface area contributed by atoms with Crippen LogP contribution in [0.3, 0.4) is 0 Å². The molecule has 0 aromatic heterocycles. The van der Waals surface area contributed by atoms with Crippen LogP contribution in [0.25, 0.3) is 0 Å². The quantitative estimate of drug-likeness (QED) is 0.783. The highest BCUT2D eigenvalue weighted by Gasteiger charge is 2.15. The molecular formula is C13H21N3O. The molecule has 0 aliphatic heterocycles. The van der Waals surface area contributed by atoms with E-state index in [9.17, 15) is 4.79 Å². The fraction of sp³-hybridized carbons (Fsp3) is 0.462. The van der Waals surface area contributed by atoms with Gasteiger partial charge in [0.25, 0.3) is 0 Å². The van der Waals surface area contributed by atoms with Crippen molar-refractivity contribution in [2.45, 2.75) is 26.3 Å². The lowest BCUT2D eigenvalue weighted by Gasteiger charge is -2.23. The van der Waals surface area contributed by atoms with Gasteiger partial charge >= 0.3 is 0 Å². The van der Waals surface area contributed by atoms with E-state index in [1.807, 2.05) is 32.9 Å². The van der Waals surface area contributed by atoms with Gasteiger partial charge in [0.05, 0.1) is 6.54 Å². The number of nitrogens with one attached hydrogen (secondary N) is 1. The molecule has 17 heavy (non-hydrogen) atoms. The molecule has 1 rings (SSSR count). The van der Waals surface area contributed by atoms with Gasteiger partial charge in [0.1, 0.15) is 0 Å². The number of hydrogen-bond donors (Lipinski definition) is 2. The Morgan fingerprint density at radius 1 is 1.29 bits per heavy atom. The molecule has 0 unspecified atom stereocenters. The maximum Gasteiger partial charge on any atom is 0.240 e. The van der Waals surface area contributed by atoms with E-state index in [0.717, 1.165) is 5.69 Å². The summed E-state index contributed by atoms with van der Waals surface area (Å²) in [5, 5.41) is 3.17. The number of benzene rings is 1. The smallest absolute Gasteiger partial charge is 0.240 e. The molecule has 0 saturated heterocycles. The summed E-state index contributed by atoms with van der Waals surface area (Å²) in [6.45, 7) is 6.42. The van der Waals surface area contributed by atoms with Crippen LogP contribution in [0.15, 0.2) is 24.3 Å². The topological polar surface area (TPSA) is 58.4 Å². The lowest BCUT2D eigenvalue weighted by Crippen LogP contribution is -2.43. The Labute approximate surface area is 103 Å². The third-order valence-electron chi connectivity index (χ3n) is 2.42. The second-order valence-corrected chi connectivity index (χ2v) is 5.15. The summed E-state index contributed by atoms with van der Waals surface area (Å²) in [5.74, 6) is 0.0321. The van der Waals surface area contributed by atoms with Crippen molar-refractivity contribution in [2.24, 2.45) is 0 Å². The Balaban J connectivity index is 2.61. The van der Waals surface area contributed by atoms with Crippen LogP contribution in [0.1, 0.15) is 20.8 Å². The van der Waals surface area contributed by atoms with Crippen LogP contribution in [-0.2, 0) is 4.79 Å². The van der Waals surface area contributed by atoms with E-state index >= 15 is 0 Å². The first-order valence-electron chi connectivity index (χ1n) is 5.67. The number of nitrogens with two attached hydrogens (primary N) is 1. The molecule has 0 heterocycles. The Kier molecular flexibility index (Phi) is 4.12. The lowest BCUT2D eigenvalue weighted by atomic mass is 10.1. The predicted octanol–water partition coefficient (Wildman–Crippen LogP) is 1.62. The van der Waals surface area contributed by atoms with Gasteiger partial charge in [-0.3, -0.25) is 4.79 Å². The van der Waals surface area contributed by atoms with Crippen LogP contribution in [-0.4, -0.2) is 25.0 Å². The Morgan fingerprint density at radius 3 is 2.29 bits per heavy atom. The molecule has 4 nitrogen and oxygen atoms in total. The summed E-state index contributed by atoms with van der Waals surface area (Å²) in [5.41, 5.74) is 7.09. The lowest BCUT2D eigenvalue weighted by molar-refractivity contribution is -0.117. The van der Waals surface area contributed by atoms with Gasteiger partial charge in [-0.25, -0.2) is 0 Å².